The molecule has 0 spiro atoms. The molecule has 1 aliphatic carbocycles. The molecule has 1 aromatic rings. The summed E-state index contributed by atoms with van der Waals surface area (Å²) in [6.07, 6.45) is 4.32. The van der Waals surface area contributed by atoms with E-state index in [1.807, 2.05) is 0 Å². The van der Waals surface area contributed by atoms with Gasteiger partial charge in [0.2, 0.25) is 0 Å². The smallest absolute Gasteiger partial charge is 0.0934 e. The van der Waals surface area contributed by atoms with Crippen LogP contribution < -0.4 is 5.32 Å². The summed E-state index contributed by atoms with van der Waals surface area (Å²) in [6, 6.07) is 2.53. The molecular weight excluding hydrogens is 266 g/mol. The van der Waals surface area contributed by atoms with Gasteiger partial charge in [-0.1, -0.05) is 25.4 Å². The zero-order valence-electron chi connectivity index (χ0n) is 11.1. The molecule has 0 amide bonds. The van der Waals surface area contributed by atoms with Gasteiger partial charge in [-0.05, 0) is 37.3 Å². The number of aliphatic hydroxyl groups is 1. The lowest BCUT2D eigenvalue weighted by Crippen LogP contribution is -2.37. The van der Waals surface area contributed by atoms with E-state index in [0.29, 0.717) is 6.04 Å². The third-order valence-electron chi connectivity index (χ3n) is 4.41. The van der Waals surface area contributed by atoms with Gasteiger partial charge in [0.25, 0.3) is 0 Å². The second kappa shape index (κ2) is 5.91. The molecule has 0 saturated heterocycles. The molecule has 0 aromatic carbocycles. The van der Waals surface area contributed by atoms with Crippen LogP contribution in [0.3, 0.4) is 0 Å². The number of aliphatic hydroxyl groups excluding tert-OH is 1. The molecule has 102 valence electrons. The molecule has 0 saturated carbocycles. The number of fused-ring (bicyclic) bond motifs is 1. The topological polar surface area (TPSA) is 32.3 Å². The Morgan fingerprint density at radius 3 is 2.83 bits per heavy atom. The molecule has 2 nitrogen and oxygen atoms in total. The monoisotopic (exact) mass is 287 g/mol. The third-order valence-corrected chi connectivity index (χ3v) is 5.75. The number of rotatable bonds is 6. The summed E-state index contributed by atoms with van der Waals surface area (Å²) in [7, 11) is 0. The first-order valence-electron chi connectivity index (χ1n) is 6.76. The Morgan fingerprint density at radius 2 is 2.22 bits per heavy atom. The standard InChI is InChI=1S/C14H22ClNOS/c1-3-14(4-2,9-17)8-16-11-5-6-12-10(11)7-13(15)18-12/h7,11,16-17H,3-6,8-9H2,1-2H3. The van der Waals surface area contributed by atoms with Crippen LogP contribution in [-0.4, -0.2) is 18.3 Å². The fourth-order valence-electron chi connectivity index (χ4n) is 2.66. The minimum absolute atomic E-state index is 0.0303. The van der Waals surface area contributed by atoms with Crippen LogP contribution in [0.5, 0.6) is 0 Å². The van der Waals surface area contributed by atoms with Crippen LogP contribution in [0, 0.1) is 5.41 Å². The minimum atomic E-state index is 0.0303. The number of hydrogen-bond donors (Lipinski definition) is 2. The zero-order chi connectivity index (χ0) is 13.2. The van der Waals surface area contributed by atoms with Gasteiger partial charge in [-0.25, -0.2) is 0 Å². The van der Waals surface area contributed by atoms with Crippen molar-refractivity contribution in [3.8, 4) is 0 Å². The van der Waals surface area contributed by atoms with Gasteiger partial charge in [-0.3, -0.25) is 0 Å². The van der Waals surface area contributed by atoms with Crippen molar-refractivity contribution in [1.82, 2.24) is 5.32 Å². The average Bonchev–Trinajstić information content (AvgIpc) is 2.91. The van der Waals surface area contributed by atoms with Crippen molar-refractivity contribution < 1.29 is 5.11 Å². The van der Waals surface area contributed by atoms with Gasteiger partial charge >= 0.3 is 0 Å². The van der Waals surface area contributed by atoms with Crippen molar-refractivity contribution in [2.45, 2.75) is 45.6 Å². The molecule has 0 aliphatic heterocycles. The maximum atomic E-state index is 9.59. The third kappa shape index (κ3) is 2.74. The molecule has 4 heteroatoms. The fourth-order valence-corrected chi connectivity index (χ4v) is 4.02. The van der Waals surface area contributed by atoms with Gasteiger partial charge in [0.1, 0.15) is 0 Å². The summed E-state index contributed by atoms with van der Waals surface area (Å²) < 4.78 is 0.894. The summed E-state index contributed by atoms with van der Waals surface area (Å²) in [6.45, 7) is 5.46. The number of halogens is 1. The van der Waals surface area contributed by atoms with Crippen molar-refractivity contribution in [3.63, 3.8) is 0 Å². The molecule has 2 N–H and O–H groups in total. The number of thiophene rings is 1. The Hall–Kier alpha value is -0.0900. The van der Waals surface area contributed by atoms with Crippen LogP contribution in [0.2, 0.25) is 4.34 Å². The van der Waals surface area contributed by atoms with E-state index in [1.54, 1.807) is 11.3 Å². The second-order valence-corrected chi connectivity index (χ2v) is 7.03. The lowest BCUT2D eigenvalue weighted by Gasteiger charge is -2.31. The summed E-state index contributed by atoms with van der Waals surface area (Å²) in [5.74, 6) is 0. The molecule has 18 heavy (non-hydrogen) atoms. The van der Waals surface area contributed by atoms with E-state index in [1.165, 1.54) is 10.4 Å². The van der Waals surface area contributed by atoms with E-state index in [2.05, 4.69) is 25.2 Å². The van der Waals surface area contributed by atoms with Crippen LogP contribution >= 0.6 is 22.9 Å². The second-order valence-electron chi connectivity index (χ2n) is 5.27. The number of aryl methyl sites for hydroxylation is 1. The predicted molar refractivity (Wildman–Crippen MR) is 78.5 cm³/mol. The Bertz CT molecular complexity index is 392. The van der Waals surface area contributed by atoms with Crippen molar-refractivity contribution in [2.24, 2.45) is 5.41 Å². The Kier molecular flexibility index (Phi) is 4.70. The highest BCUT2D eigenvalue weighted by atomic mass is 35.5. The van der Waals surface area contributed by atoms with Gasteiger partial charge in [0.15, 0.2) is 0 Å². The maximum Gasteiger partial charge on any atom is 0.0934 e. The summed E-state index contributed by atoms with van der Waals surface area (Å²) >= 11 is 7.77. The van der Waals surface area contributed by atoms with Crippen molar-refractivity contribution in [1.29, 1.82) is 0 Å². The van der Waals surface area contributed by atoms with Crippen LogP contribution in [0.15, 0.2) is 6.07 Å². The summed E-state index contributed by atoms with van der Waals surface area (Å²) in [5.41, 5.74) is 1.41. The van der Waals surface area contributed by atoms with E-state index >= 15 is 0 Å². The molecule has 1 unspecified atom stereocenters. The molecule has 1 aliphatic rings. The quantitative estimate of drug-likeness (QED) is 0.835. The number of nitrogens with one attached hydrogen (secondary N) is 1. The van der Waals surface area contributed by atoms with E-state index in [-0.39, 0.29) is 12.0 Å². The van der Waals surface area contributed by atoms with Crippen LogP contribution in [0.4, 0.5) is 0 Å². The van der Waals surface area contributed by atoms with Crippen molar-refractivity contribution >= 4 is 22.9 Å². The predicted octanol–water partition coefficient (Wildman–Crippen LogP) is 3.78. The van der Waals surface area contributed by atoms with Gasteiger partial charge in [-0.15, -0.1) is 11.3 Å². The molecule has 1 atom stereocenters. The van der Waals surface area contributed by atoms with Crippen LogP contribution in [0.1, 0.15) is 49.6 Å². The first-order chi connectivity index (χ1) is 8.64. The summed E-state index contributed by atoms with van der Waals surface area (Å²) in [4.78, 5) is 1.43. The van der Waals surface area contributed by atoms with Gasteiger partial charge < -0.3 is 10.4 Å². The van der Waals surface area contributed by atoms with E-state index in [4.69, 9.17) is 11.6 Å². The highest BCUT2D eigenvalue weighted by Gasteiger charge is 2.29. The van der Waals surface area contributed by atoms with E-state index in [0.717, 1.165) is 36.6 Å². The summed E-state index contributed by atoms with van der Waals surface area (Å²) in [5, 5.41) is 13.2. The van der Waals surface area contributed by atoms with Crippen molar-refractivity contribution in [2.75, 3.05) is 13.2 Å². The molecule has 0 radical (unpaired) electrons. The largest absolute Gasteiger partial charge is 0.396 e. The maximum absolute atomic E-state index is 9.59. The van der Waals surface area contributed by atoms with E-state index < -0.39 is 0 Å². The Labute approximate surface area is 118 Å². The highest BCUT2D eigenvalue weighted by molar-refractivity contribution is 7.16. The van der Waals surface area contributed by atoms with Crippen molar-refractivity contribution in [3.05, 3.63) is 20.8 Å². The lowest BCUT2D eigenvalue weighted by atomic mass is 9.83. The minimum Gasteiger partial charge on any atom is -0.396 e. The molecule has 0 bridgehead atoms. The molecule has 0 fully saturated rings. The normalized spacial score (nSPS) is 19.2. The first kappa shape index (κ1) is 14.3. The fraction of sp³-hybridized carbons (Fsp3) is 0.714. The zero-order valence-corrected chi connectivity index (χ0v) is 12.7. The van der Waals surface area contributed by atoms with Gasteiger partial charge in [0, 0.05) is 29.5 Å². The first-order valence-corrected chi connectivity index (χ1v) is 7.96. The Morgan fingerprint density at radius 1 is 1.50 bits per heavy atom. The van der Waals surface area contributed by atoms with Crippen LogP contribution in [-0.2, 0) is 6.42 Å². The molecule has 1 aromatic heterocycles. The number of hydrogen-bond acceptors (Lipinski definition) is 3. The van der Waals surface area contributed by atoms with Crippen LogP contribution in [0.25, 0.3) is 0 Å². The lowest BCUT2D eigenvalue weighted by molar-refractivity contribution is 0.109. The SMILES string of the molecule is CCC(CC)(CO)CNC1CCc2sc(Cl)cc21. The highest BCUT2D eigenvalue weighted by Crippen LogP contribution is 2.39. The Balaban J connectivity index is 1.99. The molecular formula is C14H22ClNOS. The van der Waals surface area contributed by atoms with E-state index in [9.17, 15) is 5.11 Å². The van der Waals surface area contributed by atoms with Gasteiger partial charge in [-0.2, -0.15) is 0 Å². The van der Waals surface area contributed by atoms with Gasteiger partial charge in [0.05, 0.1) is 4.34 Å². The average molecular weight is 288 g/mol. The molecule has 2 rings (SSSR count). The molecule has 1 heterocycles.